The van der Waals surface area contributed by atoms with E-state index in [1.807, 2.05) is 109 Å². The van der Waals surface area contributed by atoms with Crippen LogP contribution in [-0.4, -0.2) is 0 Å². The van der Waals surface area contributed by atoms with Crippen LogP contribution in [0, 0.1) is 45.3 Å². The molecule has 0 amide bonds. The first kappa shape index (κ1) is 38.0. The van der Waals surface area contributed by atoms with Crippen LogP contribution in [0.1, 0.15) is 33.4 Å². The van der Waals surface area contributed by atoms with Gasteiger partial charge in [-0.1, -0.05) is 109 Å². The number of nitrogens with zero attached hydrogens (tertiary/aromatic N) is 6. The molecule has 6 nitrogen and oxygen atoms in total. The van der Waals surface area contributed by atoms with Gasteiger partial charge in [-0.05, 0) is 153 Å². The molecule has 0 N–H and O–H groups in total. The van der Waals surface area contributed by atoms with Gasteiger partial charge in [0.05, 0.1) is 5.41 Å². The predicted octanol–water partition coefficient (Wildman–Crippen LogP) is 13.8. The zero-order valence-electron chi connectivity index (χ0n) is 33.8. The quantitative estimate of drug-likeness (QED) is 0.142. The van der Waals surface area contributed by atoms with Crippen molar-refractivity contribution in [3.63, 3.8) is 0 Å². The minimum Gasteiger partial charge on any atom is -0.310 e. The predicted molar refractivity (Wildman–Crippen MR) is 251 cm³/mol. The van der Waals surface area contributed by atoms with Crippen LogP contribution < -0.4 is 9.80 Å². The zero-order valence-corrected chi connectivity index (χ0v) is 33.8. The lowest BCUT2D eigenvalue weighted by Gasteiger charge is -2.33. The van der Waals surface area contributed by atoms with Crippen LogP contribution in [0.4, 0.5) is 34.1 Å². The Kier molecular flexibility index (Phi) is 9.52. The van der Waals surface area contributed by atoms with Crippen molar-refractivity contribution >= 4 is 46.3 Å². The standard InChI is InChI=1S/C57H34N6/c58-35-41(36-59)29-39-21-25-49-50-26-22-40(30-42(37-60)38-61)32-54(50)57(53(49)31-39)55-33-47(62(43-13-5-1-6-14-43)44-15-7-2-8-16-44)23-27-51(55)52-28-24-48(34-56(52)57)63(45-17-9-3-10-18-45)46-19-11-4-12-20-46/h1-34H. The highest BCUT2D eigenvalue weighted by Gasteiger charge is 2.52. The first-order valence-corrected chi connectivity index (χ1v) is 20.5. The first-order valence-electron chi connectivity index (χ1n) is 20.5. The third kappa shape index (κ3) is 6.32. The van der Waals surface area contributed by atoms with E-state index in [1.165, 1.54) is 0 Å². The highest BCUT2D eigenvalue weighted by molar-refractivity contribution is 5.98. The van der Waals surface area contributed by atoms with E-state index in [4.69, 9.17) is 0 Å². The van der Waals surface area contributed by atoms with Gasteiger partial charge in [0.25, 0.3) is 0 Å². The molecule has 8 aromatic rings. The van der Waals surface area contributed by atoms with Crippen molar-refractivity contribution < 1.29 is 0 Å². The molecule has 2 aliphatic carbocycles. The van der Waals surface area contributed by atoms with Crippen molar-refractivity contribution in [1.82, 2.24) is 0 Å². The van der Waals surface area contributed by atoms with Crippen LogP contribution in [-0.2, 0) is 5.41 Å². The molecule has 10 rings (SSSR count). The fourth-order valence-corrected chi connectivity index (χ4v) is 9.41. The SMILES string of the molecule is N#CC(C#N)=Cc1ccc2c(c1)C1(c3cc(C=C(C#N)C#N)ccc3-2)c2cc(N(c3ccccc3)c3ccccc3)ccc2-c2ccc(N(c3ccccc3)c3ccccc3)cc21. The van der Waals surface area contributed by atoms with Gasteiger partial charge in [0, 0.05) is 34.1 Å². The molecule has 0 fully saturated rings. The summed E-state index contributed by atoms with van der Waals surface area (Å²) in [5.74, 6) is 0. The van der Waals surface area contributed by atoms with Crippen LogP contribution in [0.2, 0.25) is 0 Å². The molecule has 0 unspecified atom stereocenters. The van der Waals surface area contributed by atoms with Crippen LogP contribution in [0.25, 0.3) is 34.4 Å². The lowest BCUT2D eigenvalue weighted by atomic mass is 9.70. The summed E-state index contributed by atoms with van der Waals surface area (Å²) in [6, 6.07) is 75.2. The van der Waals surface area contributed by atoms with Crippen molar-refractivity contribution in [2.24, 2.45) is 0 Å². The maximum Gasteiger partial charge on any atom is 0.130 e. The van der Waals surface area contributed by atoms with Crippen molar-refractivity contribution in [2.45, 2.75) is 5.41 Å². The third-order valence-electron chi connectivity index (χ3n) is 12.0. The Labute approximate surface area is 366 Å². The summed E-state index contributed by atoms with van der Waals surface area (Å²) in [4.78, 5) is 4.53. The van der Waals surface area contributed by atoms with E-state index < -0.39 is 5.41 Å². The van der Waals surface area contributed by atoms with Gasteiger partial charge >= 0.3 is 0 Å². The number of nitriles is 4. The Bertz CT molecular complexity index is 2990. The molecule has 292 valence electrons. The Morgan fingerprint density at radius 1 is 0.333 bits per heavy atom. The van der Waals surface area contributed by atoms with Gasteiger partial charge in [0.15, 0.2) is 0 Å². The second kappa shape index (κ2) is 15.8. The van der Waals surface area contributed by atoms with E-state index >= 15 is 0 Å². The van der Waals surface area contributed by atoms with Crippen molar-refractivity contribution in [3.8, 4) is 46.5 Å². The summed E-state index contributed by atoms with van der Waals surface area (Å²) in [7, 11) is 0. The Morgan fingerprint density at radius 3 is 0.921 bits per heavy atom. The summed E-state index contributed by atoms with van der Waals surface area (Å²) in [6.45, 7) is 0. The molecule has 0 saturated carbocycles. The lowest BCUT2D eigenvalue weighted by molar-refractivity contribution is 0.793. The molecule has 0 bridgehead atoms. The second-order valence-corrected chi connectivity index (χ2v) is 15.4. The van der Waals surface area contributed by atoms with Gasteiger partial charge in [-0.3, -0.25) is 0 Å². The number of anilines is 6. The van der Waals surface area contributed by atoms with Crippen molar-refractivity contribution in [1.29, 1.82) is 21.0 Å². The van der Waals surface area contributed by atoms with Crippen LogP contribution >= 0.6 is 0 Å². The molecular weight excluding hydrogens is 769 g/mol. The Hall–Kier alpha value is -9.20. The molecule has 0 atom stereocenters. The number of para-hydroxylation sites is 4. The van der Waals surface area contributed by atoms with Gasteiger partial charge < -0.3 is 9.80 Å². The summed E-state index contributed by atoms with van der Waals surface area (Å²) in [6.07, 6.45) is 3.28. The van der Waals surface area contributed by atoms with E-state index in [9.17, 15) is 21.0 Å². The van der Waals surface area contributed by atoms with E-state index in [2.05, 4.69) is 119 Å². The molecule has 0 aliphatic heterocycles. The van der Waals surface area contributed by atoms with E-state index in [0.717, 1.165) is 89.8 Å². The summed E-state index contributed by atoms with van der Waals surface area (Å²) in [5, 5.41) is 39.5. The normalized spacial score (nSPS) is 11.9. The Balaban J connectivity index is 1.33. The van der Waals surface area contributed by atoms with E-state index in [1.54, 1.807) is 12.2 Å². The van der Waals surface area contributed by atoms with Crippen molar-refractivity contribution in [3.05, 3.63) is 239 Å². The van der Waals surface area contributed by atoms with Gasteiger partial charge in [-0.2, -0.15) is 21.0 Å². The highest BCUT2D eigenvalue weighted by atomic mass is 15.1. The highest BCUT2D eigenvalue weighted by Crippen LogP contribution is 2.64. The maximum atomic E-state index is 9.87. The molecule has 0 aromatic heterocycles. The van der Waals surface area contributed by atoms with Gasteiger partial charge in [0.2, 0.25) is 0 Å². The summed E-state index contributed by atoms with van der Waals surface area (Å²) < 4.78 is 0. The smallest absolute Gasteiger partial charge is 0.130 e. The fourth-order valence-electron chi connectivity index (χ4n) is 9.41. The molecule has 1 spiro atoms. The average molecular weight is 803 g/mol. The van der Waals surface area contributed by atoms with Crippen molar-refractivity contribution in [2.75, 3.05) is 9.80 Å². The van der Waals surface area contributed by atoms with Gasteiger partial charge in [-0.25, -0.2) is 0 Å². The maximum absolute atomic E-state index is 9.87. The number of benzene rings is 8. The zero-order chi connectivity index (χ0) is 42.9. The Morgan fingerprint density at radius 2 is 0.619 bits per heavy atom. The number of hydrogen-bond acceptors (Lipinski definition) is 6. The fraction of sp³-hybridized carbons (Fsp3) is 0.0175. The number of fused-ring (bicyclic) bond motifs is 10. The second-order valence-electron chi connectivity index (χ2n) is 15.4. The average Bonchev–Trinajstić information content (AvgIpc) is 3.79. The minimum absolute atomic E-state index is 0.00648. The first-order chi connectivity index (χ1) is 31.0. The molecule has 8 aromatic carbocycles. The van der Waals surface area contributed by atoms with Gasteiger partial charge in [-0.15, -0.1) is 0 Å². The molecular formula is C57H34N6. The van der Waals surface area contributed by atoms with Crippen LogP contribution in [0.3, 0.4) is 0 Å². The van der Waals surface area contributed by atoms with E-state index in [0.29, 0.717) is 0 Å². The lowest BCUT2D eigenvalue weighted by Crippen LogP contribution is -2.27. The molecule has 6 heteroatoms. The molecule has 2 aliphatic rings. The monoisotopic (exact) mass is 802 g/mol. The molecule has 0 saturated heterocycles. The largest absolute Gasteiger partial charge is 0.310 e. The number of rotatable bonds is 8. The summed E-state index contributed by atoms with van der Waals surface area (Å²) in [5.41, 5.74) is 14.7. The number of hydrogen-bond donors (Lipinski definition) is 0. The molecule has 0 heterocycles. The van der Waals surface area contributed by atoms with Gasteiger partial charge in [0.1, 0.15) is 35.4 Å². The number of allylic oxidation sites excluding steroid dienone is 2. The topological polar surface area (TPSA) is 102 Å². The molecule has 63 heavy (non-hydrogen) atoms. The van der Waals surface area contributed by atoms with E-state index in [-0.39, 0.29) is 11.1 Å². The third-order valence-corrected chi connectivity index (χ3v) is 12.0. The minimum atomic E-state index is -0.938. The molecule has 0 radical (unpaired) electrons. The summed E-state index contributed by atoms with van der Waals surface area (Å²) >= 11 is 0. The van der Waals surface area contributed by atoms with Crippen LogP contribution in [0.15, 0.2) is 205 Å². The van der Waals surface area contributed by atoms with Crippen LogP contribution in [0.5, 0.6) is 0 Å².